The van der Waals surface area contributed by atoms with Crippen molar-refractivity contribution in [2.45, 2.75) is 13.0 Å². The number of benzene rings is 4. The molecule has 0 unspecified atom stereocenters. The summed E-state index contributed by atoms with van der Waals surface area (Å²) in [5.74, 6) is 0. The second-order valence-corrected chi connectivity index (χ2v) is 10.2. The van der Waals surface area contributed by atoms with Crippen LogP contribution in [0.1, 0.15) is 24.2 Å². The third-order valence-corrected chi connectivity index (χ3v) is 7.89. The van der Waals surface area contributed by atoms with Crippen molar-refractivity contribution in [2.75, 3.05) is 0 Å². The first-order chi connectivity index (χ1) is 18.3. The monoisotopic (exact) mass is 570 g/mol. The van der Waals surface area contributed by atoms with E-state index in [-0.39, 0.29) is 6.04 Å². The number of pyridine rings is 1. The molecule has 0 bridgehead atoms. The van der Waals surface area contributed by atoms with Crippen LogP contribution in [0.3, 0.4) is 0 Å². The van der Waals surface area contributed by atoms with Crippen LogP contribution in [-0.4, -0.2) is 11.2 Å². The van der Waals surface area contributed by atoms with E-state index in [1.807, 2.05) is 42.6 Å². The molecule has 1 atom stereocenters. The molecular formula is C32H29ClCuN2P. The van der Waals surface area contributed by atoms with Crippen LogP contribution in [0.25, 0.3) is 0 Å². The maximum Gasteiger partial charge on any atom is -0.0134 e. The average Bonchev–Trinajstić information content (AvgIpc) is 3.00. The molecule has 5 aromatic rings. The summed E-state index contributed by atoms with van der Waals surface area (Å²) >= 11 is 3.66. The predicted molar refractivity (Wildman–Crippen MR) is 158 cm³/mol. The predicted octanol–water partition coefficient (Wildman–Crippen LogP) is 7.39. The van der Waals surface area contributed by atoms with Crippen LogP contribution in [0.15, 0.2) is 151 Å². The zero-order valence-electron chi connectivity index (χ0n) is 20.5. The first-order valence-corrected chi connectivity index (χ1v) is 14.5. The number of aliphatic imine (C=N–C) groups is 1. The number of halogens is 1. The molecule has 0 saturated carbocycles. The van der Waals surface area contributed by atoms with Crippen LogP contribution < -0.4 is 15.9 Å². The molecule has 5 heteroatoms. The Balaban J connectivity index is 0.000000195. The normalized spacial score (nSPS) is 11.2. The Morgan fingerprint density at radius 1 is 0.622 bits per heavy atom. The summed E-state index contributed by atoms with van der Waals surface area (Å²) < 4.78 is 0. The van der Waals surface area contributed by atoms with Crippen LogP contribution in [0.2, 0.25) is 0 Å². The minimum absolute atomic E-state index is 0.170. The van der Waals surface area contributed by atoms with E-state index in [1.165, 1.54) is 21.5 Å². The van der Waals surface area contributed by atoms with Gasteiger partial charge in [0.15, 0.2) is 0 Å². The van der Waals surface area contributed by atoms with E-state index in [2.05, 4.69) is 145 Å². The van der Waals surface area contributed by atoms with Gasteiger partial charge in [0.25, 0.3) is 0 Å². The van der Waals surface area contributed by atoms with Crippen molar-refractivity contribution >= 4 is 40.1 Å². The molecule has 0 N–H and O–H groups in total. The molecule has 1 aromatic heterocycles. The molecule has 1 heterocycles. The third kappa shape index (κ3) is 9.39. The van der Waals surface area contributed by atoms with E-state index in [0.717, 1.165) is 5.69 Å². The van der Waals surface area contributed by atoms with Gasteiger partial charge in [-0.2, -0.15) is 0 Å². The number of rotatable bonds is 6. The van der Waals surface area contributed by atoms with Crippen LogP contribution in [0.5, 0.6) is 0 Å². The van der Waals surface area contributed by atoms with Crippen molar-refractivity contribution in [2.24, 2.45) is 4.99 Å². The van der Waals surface area contributed by atoms with Crippen LogP contribution in [-0.2, 0) is 15.1 Å². The first kappa shape index (κ1) is 28.5. The van der Waals surface area contributed by atoms with Crippen molar-refractivity contribution < 1.29 is 15.1 Å². The smallest absolute Gasteiger partial charge is 0.0134 e. The van der Waals surface area contributed by atoms with E-state index >= 15 is 0 Å². The first-order valence-electron chi connectivity index (χ1n) is 11.9. The zero-order chi connectivity index (χ0) is 26.1. The molecular weight excluding hydrogens is 542 g/mol. The van der Waals surface area contributed by atoms with Gasteiger partial charge in [-0.15, -0.1) is 0 Å². The minimum Gasteiger partial charge on any atom is -0.0622 e. The van der Waals surface area contributed by atoms with Crippen LogP contribution in [0.4, 0.5) is 0 Å². The van der Waals surface area contributed by atoms with E-state index in [1.54, 1.807) is 6.20 Å². The van der Waals surface area contributed by atoms with Crippen LogP contribution in [0, 0.1) is 0 Å². The summed E-state index contributed by atoms with van der Waals surface area (Å²) in [5.41, 5.74) is 2.11. The number of hydrogen-bond donors (Lipinski definition) is 0. The Bertz CT molecular complexity index is 1200. The Morgan fingerprint density at radius 3 is 1.43 bits per heavy atom. The Morgan fingerprint density at radius 2 is 1.03 bits per heavy atom. The topological polar surface area (TPSA) is 25.2 Å². The fourth-order valence-electron chi connectivity index (χ4n) is 3.64. The Hall–Kier alpha value is -3.06. The Kier molecular flexibility index (Phi) is 12.8. The van der Waals surface area contributed by atoms with Gasteiger partial charge < -0.3 is 0 Å². The molecule has 0 amide bonds. The van der Waals surface area contributed by atoms with E-state index in [0.29, 0.717) is 0 Å². The molecule has 0 saturated heterocycles. The molecule has 0 fully saturated rings. The van der Waals surface area contributed by atoms with Gasteiger partial charge in [-0.1, -0.05) is 127 Å². The van der Waals surface area contributed by atoms with Gasteiger partial charge >= 0.3 is 25.2 Å². The van der Waals surface area contributed by atoms with Gasteiger partial charge in [0.1, 0.15) is 0 Å². The van der Waals surface area contributed by atoms with Crippen molar-refractivity contribution in [3.8, 4) is 0 Å². The third-order valence-electron chi connectivity index (χ3n) is 5.44. The number of aromatic nitrogens is 1. The average molecular weight is 572 g/mol. The molecule has 37 heavy (non-hydrogen) atoms. The SMILES string of the molecule is C[C@@H](N=Cc1ccccn1)c1ccccc1.[Cl][Cu].c1ccc(P(c2ccccc2)c2ccccc2)cc1. The zero-order valence-corrected chi connectivity index (χ0v) is 23.1. The van der Waals surface area contributed by atoms with Crippen molar-refractivity contribution in [1.82, 2.24) is 4.98 Å². The molecule has 4 aromatic carbocycles. The van der Waals surface area contributed by atoms with Gasteiger partial charge in [-0.3, -0.25) is 9.98 Å². The molecule has 5 rings (SSSR count). The van der Waals surface area contributed by atoms with E-state index in [9.17, 15) is 0 Å². The van der Waals surface area contributed by atoms with Crippen molar-refractivity contribution in [3.05, 3.63) is 157 Å². The molecule has 0 aliphatic rings. The van der Waals surface area contributed by atoms with Gasteiger partial charge in [0.2, 0.25) is 0 Å². The summed E-state index contributed by atoms with van der Waals surface area (Å²) in [6, 6.07) is 48.5. The standard InChI is InChI=1S/C18H15P.C14H14N2.ClH.Cu/c1-4-10-16(11-5-1)19(17-12-6-2-7-13-17)18-14-8-3-9-15-18;1-12(13-7-3-2-4-8-13)16-11-14-9-5-6-10-15-14;;/h1-15H;2-12H,1H3;1H;/q;;;+1/p-1/t;12-;;/m.1../s1. The summed E-state index contributed by atoms with van der Waals surface area (Å²) in [4.78, 5) is 8.67. The van der Waals surface area contributed by atoms with Gasteiger partial charge in [-0.05, 0) is 48.5 Å². The van der Waals surface area contributed by atoms with Crippen molar-refractivity contribution in [1.29, 1.82) is 0 Å². The van der Waals surface area contributed by atoms with Crippen molar-refractivity contribution in [3.63, 3.8) is 0 Å². The molecule has 190 valence electrons. The second-order valence-electron chi connectivity index (χ2n) is 7.96. The summed E-state index contributed by atoms with van der Waals surface area (Å²) in [6.45, 7) is 2.08. The Labute approximate surface area is 234 Å². The molecule has 0 radical (unpaired) electrons. The maximum atomic E-state index is 4.48. The number of nitrogens with zero attached hydrogens (tertiary/aromatic N) is 2. The maximum absolute atomic E-state index is 4.48. The molecule has 0 aliphatic heterocycles. The molecule has 0 aliphatic carbocycles. The largest absolute Gasteiger partial charge is 0.0622 e. The van der Waals surface area contributed by atoms with Gasteiger partial charge in [0, 0.05) is 12.4 Å². The minimum atomic E-state index is -0.446. The second kappa shape index (κ2) is 16.6. The van der Waals surface area contributed by atoms with Crippen LogP contribution >= 0.6 is 18.0 Å². The fraction of sp³-hybridized carbons (Fsp3) is 0.0625. The van der Waals surface area contributed by atoms with E-state index < -0.39 is 7.92 Å². The molecule has 2 nitrogen and oxygen atoms in total. The fourth-order valence-corrected chi connectivity index (χ4v) is 5.94. The van der Waals surface area contributed by atoms with E-state index in [4.69, 9.17) is 0 Å². The summed E-state index contributed by atoms with van der Waals surface area (Å²) in [6.07, 6.45) is 3.59. The summed E-state index contributed by atoms with van der Waals surface area (Å²) in [7, 11) is 3.76. The quantitative estimate of drug-likeness (QED) is 0.119. The number of hydrogen-bond acceptors (Lipinski definition) is 2. The molecule has 0 spiro atoms. The van der Waals surface area contributed by atoms with Gasteiger partial charge in [0.05, 0.1) is 11.7 Å². The van der Waals surface area contributed by atoms with Gasteiger partial charge in [-0.25, -0.2) is 0 Å². The summed E-state index contributed by atoms with van der Waals surface area (Å²) in [5, 5.41) is 4.19.